The van der Waals surface area contributed by atoms with Crippen LogP contribution in [-0.4, -0.2) is 25.3 Å². The first-order chi connectivity index (χ1) is 14.7. The highest BCUT2D eigenvalue weighted by molar-refractivity contribution is 5.69. The lowest BCUT2D eigenvalue weighted by Crippen LogP contribution is -2.59. The molecule has 1 saturated heterocycles. The van der Waals surface area contributed by atoms with E-state index in [0.717, 1.165) is 31.1 Å². The second-order valence-electron chi connectivity index (χ2n) is 10.2. The molecule has 164 valence electrons. The van der Waals surface area contributed by atoms with Crippen molar-refractivity contribution in [3.63, 3.8) is 0 Å². The molecule has 0 spiro atoms. The van der Waals surface area contributed by atoms with Gasteiger partial charge in [0.05, 0.1) is 0 Å². The Kier molecular flexibility index (Phi) is 6.04. The number of hydrogen-bond donors (Lipinski definition) is 1. The first kappa shape index (κ1) is 20.4. The van der Waals surface area contributed by atoms with Gasteiger partial charge in [-0.3, -0.25) is 4.79 Å². The Morgan fingerprint density at radius 1 is 1.07 bits per heavy atom. The van der Waals surface area contributed by atoms with Gasteiger partial charge in [-0.15, -0.1) is 0 Å². The second-order valence-corrected chi connectivity index (χ2v) is 10.2. The van der Waals surface area contributed by atoms with E-state index in [-0.39, 0.29) is 12.8 Å². The summed E-state index contributed by atoms with van der Waals surface area (Å²) in [7, 11) is 0. The molecule has 3 atom stereocenters. The Bertz CT molecular complexity index is 753. The molecule has 1 aromatic carbocycles. The third kappa shape index (κ3) is 4.00. The van der Waals surface area contributed by atoms with E-state index in [1.165, 1.54) is 75.3 Å². The molecule has 0 radical (unpaired) electrons. The number of nitrogens with one attached hydrogen (secondary N) is 1. The zero-order valence-electron chi connectivity index (χ0n) is 18.3. The van der Waals surface area contributed by atoms with Crippen molar-refractivity contribution in [2.24, 2.45) is 11.8 Å². The van der Waals surface area contributed by atoms with E-state index < -0.39 is 0 Å². The second kappa shape index (κ2) is 8.90. The molecule has 0 amide bonds. The third-order valence-corrected chi connectivity index (χ3v) is 8.55. The quantitative estimate of drug-likeness (QED) is 0.511. The first-order valence-electron chi connectivity index (χ1n) is 12.4. The maximum atomic E-state index is 12.1. The van der Waals surface area contributed by atoms with Crippen LogP contribution in [0, 0.1) is 11.8 Å². The average molecular weight is 412 g/mol. The Morgan fingerprint density at radius 3 is 2.83 bits per heavy atom. The van der Waals surface area contributed by atoms with Crippen LogP contribution in [0.4, 0.5) is 0 Å². The Morgan fingerprint density at radius 2 is 1.93 bits per heavy atom. The number of piperidine rings is 1. The fourth-order valence-corrected chi connectivity index (χ4v) is 7.03. The minimum Gasteiger partial charge on any atom is -0.457 e. The van der Waals surface area contributed by atoms with E-state index in [9.17, 15) is 4.79 Å². The fourth-order valence-electron chi connectivity index (χ4n) is 7.03. The van der Waals surface area contributed by atoms with Gasteiger partial charge in [-0.05, 0) is 73.7 Å². The minimum absolute atomic E-state index is 0.0307. The molecule has 0 unspecified atom stereocenters. The molecule has 4 heteroatoms. The maximum absolute atomic E-state index is 12.1. The molecule has 4 aliphatic rings. The molecule has 1 aromatic rings. The standard InChI is InChI=1S/C26H37NO3/c28-25(12-9-19-6-2-1-3-7-19)30-18-29-21-11-10-20-16-24-22-8-4-5-13-26(22,14-15-27-24)23(20)17-21/h10-11,17,19,22,24,27H,1-9,12-16,18H2/t22-,24+,26-/m1/s1. The number of carbonyl (C=O) groups excluding carboxylic acids is 1. The number of hydrogen-bond acceptors (Lipinski definition) is 4. The predicted molar refractivity (Wildman–Crippen MR) is 118 cm³/mol. The van der Waals surface area contributed by atoms with Crippen molar-refractivity contribution in [2.45, 2.75) is 94.9 Å². The smallest absolute Gasteiger partial charge is 0.308 e. The van der Waals surface area contributed by atoms with Crippen molar-refractivity contribution in [1.29, 1.82) is 0 Å². The molecule has 2 saturated carbocycles. The van der Waals surface area contributed by atoms with Crippen molar-refractivity contribution in [3.8, 4) is 5.75 Å². The molecular formula is C26H37NO3. The summed E-state index contributed by atoms with van der Waals surface area (Å²) in [5, 5.41) is 3.79. The predicted octanol–water partition coefficient (Wildman–Crippen LogP) is 5.27. The lowest BCUT2D eigenvalue weighted by Gasteiger charge is -2.56. The summed E-state index contributed by atoms with van der Waals surface area (Å²) < 4.78 is 11.3. The maximum Gasteiger partial charge on any atom is 0.308 e. The van der Waals surface area contributed by atoms with Gasteiger partial charge < -0.3 is 14.8 Å². The summed E-state index contributed by atoms with van der Waals surface area (Å²) in [5.41, 5.74) is 3.34. The molecule has 3 aliphatic carbocycles. The molecule has 1 heterocycles. The van der Waals surface area contributed by atoms with Gasteiger partial charge in [-0.1, -0.05) is 51.0 Å². The van der Waals surface area contributed by atoms with Crippen molar-refractivity contribution in [1.82, 2.24) is 5.32 Å². The Hall–Kier alpha value is -1.55. The monoisotopic (exact) mass is 411 g/mol. The molecule has 3 fully saturated rings. The average Bonchev–Trinajstić information content (AvgIpc) is 2.79. The third-order valence-electron chi connectivity index (χ3n) is 8.55. The van der Waals surface area contributed by atoms with E-state index in [1.54, 1.807) is 0 Å². The number of ether oxygens (including phenoxy) is 2. The van der Waals surface area contributed by atoms with Crippen LogP contribution in [0.1, 0.15) is 88.2 Å². The Balaban J connectivity index is 1.18. The molecule has 1 N–H and O–H groups in total. The van der Waals surface area contributed by atoms with Gasteiger partial charge in [0.25, 0.3) is 0 Å². The normalized spacial score (nSPS) is 30.8. The van der Waals surface area contributed by atoms with Crippen LogP contribution < -0.4 is 10.1 Å². The molecule has 30 heavy (non-hydrogen) atoms. The summed E-state index contributed by atoms with van der Waals surface area (Å²) in [5.74, 6) is 2.21. The number of fused-ring (bicyclic) bond motifs is 1. The van der Waals surface area contributed by atoms with Gasteiger partial charge in [-0.2, -0.15) is 0 Å². The highest BCUT2D eigenvalue weighted by Crippen LogP contribution is 2.54. The van der Waals surface area contributed by atoms with E-state index >= 15 is 0 Å². The first-order valence-corrected chi connectivity index (χ1v) is 12.4. The van der Waals surface area contributed by atoms with Gasteiger partial charge in [0.1, 0.15) is 5.75 Å². The van der Waals surface area contributed by atoms with Crippen LogP contribution in [0.5, 0.6) is 5.75 Å². The number of benzene rings is 1. The number of esters is 1. The highest BCUT2D eigenvalue weighted by atomic mass is 16.7. The van der Waals surface area contributed by atoms with E-state index in [4.69, 9.17) is 9.47 Å². The largest absolute Gasteiger partial charge is 0.457 e. The van der Waals surface area contributed by atoms with Gasteiger partial charge in [0, 0.05) is 17.9 Å². The van der Waals surface area contributed by atoms with Gasteiger partial charge in [0.2, 0.25) is 6.79 Å². The van der Waals surface area contributed by atoms with Gasteiger partial charge in [-0.25, -0.2) is 0 Å². The minimum atomic E-state index is -0.120. The number of rotatable bonds is 6. The Labute approximate surface area is 181 Å². The van der Waals surface area contributed by atoms with E-state index in [1.807, 2.05) is 0 Å². The van der Waals surface area contributed by atoms with Crippen LogP contribution >= 0.6 is 0 Å². The topological polar surface area (TPSA) is 47.6 Å². The summed E-state index contributed by atoms with van der Waals surface area (Å²) in [6.07, 6.45) is 15.8. The lowest BCUT2D eigenvalue weighted by molar-refractivity contribution is -0.150. The van der Waals surface area contributed by atoms with Crippen molar-refractivity contribution in [3.05, 3.63) is 29.3 Å². The molecular weight excluding hydrogens is 374 g/mol. The van der Waals surface area contributed by atoms with Gasteiger partial charge >= 0.3 is 5.97 Å². The van der Waals surface area contributed by atoms with Crippen LogP contribution in [-0.2, 0) is 21.4 Å². The number of carbonyl (C=O) groups is 1. The highest BCUT2D eigenvalue weighted by Gasteiger charge is 2.51. The molecule has 2 bridgehead atoms. The summed E-state index contributed by atoms with van der Waals surface area (Å²) in [6.45, 7) is 1.16. The van der Waals surface area contributed by atoms with E-state index in [0.29, 0.717) is 23.8 Å². The lowest BCUT2D eigenvalue weighted by atomic mass is 9.53. The summed E-state index contributed by atoms with van der Waals surface area (Å²) in [6, 6.07) is 7.22. The van der Waals surface area contributed by atoms with Crippen molar-refractivity contribution in [2.75, 3.05) is 13.3 Å². The zero-order chi connectivity index (χ0) is 20.4. The molecule has 5 rings (SSSR count). The van der Waals surface area contributed by atoms with E-state index in [2.05, 4.69) is 23.5 Å². The molecule has 1 aliphatic heterocycles. The van der Waals surface area contributed by atoms with Crippen LogP contribution in [0.3, 0.4) is 0 Å². The van der Waals surface area contributed by atoms with Crippen LogP contribution in [0.15, 0.2) is 18.2 Å². The molecule has 0 aromatic heterocycles. The molecule has 4 nitrogen and oxygen atoms in total. The fraction of sp³-hybridized carbons (Fsp3) is 0.731. The zero-order valence-corrected chi connectivity index (χ0v) is 18.3. The van der Waals surface area contributed by atoms with Crippen LogP contribution in [0.2, 0.25) is 0 Å². The van der Waals surface area contributed by atoms with Gasteiger partial charge in [0.15, 0.2) is 0 Å². The van der Waals surface area contributed by atoms with Crippen molar-refractivity contribution < 1.29 is 14.3 Å². The summed E-state index contributed by atoms with van der Waals surface area (Å²) in [4.78, 5) is 12.1. The summed E-state index contributed by atoms with van der Waals surface area (Å²) >= 11 is 0. The van der Waals surface area contributed by atoms with Crippen molar-refractivity contribution >= 4 is 5.97 Å². The van der Waals surface area contributed by atoms with Crippen LogP contribution in [0.25, 0.3) is 0 Å². The SMILES string of the molecule is O=C(CCC1CCCCC1)OCOc1ccc2c(c1)[C@@]13CCCC[C@@H]1[C@H](C2)NCC3.